The van der Waals surface area contributed by atoms with Gasteiger partial charge < -0.3 is 9.47 Å². The van der Waals surface area contributed by atoms with Crippen LogP contribution in [0.15, 0.2) is 23.8 Å². The van der Waals surface area contributed by atoms with Crippen molar-refractivity contribution in [2.24, 2.45) is 0 Å². The van der Waals surface area contributed by atoms with Crippen molar-refractivity contribution in [2.45, 2.75) is 48.3 Å². The lowest BCUT2D eigenvalue weighted by molar-refractivity contribution is -0.0719. The first-order chi connectivity index (χ1) is 13.1. The molecule has 0 saturated carbocycles. The van der Waals surface area contributed by atoms with Crippen molar-refractivity contribution in [3.8, 4) is 11.5 Å². The van der Waals surface area contributed by atoms with Gasteiger partial charge in [0, 0.05) is 11.6 Å². The number of likely N-dealkylation sites (tertiary alicyclic amines) is 1. The fraction of sp³-hybridized carbons (Fsp3) is 0.600. The molecule has 0 N–H and O–H groups in total. The van der Waals surface area contributed by atoms with E-state index in [1.54, 1.807) is 7.11 Å². The van der Waals surface area contributed by atoms with Gasteiger partial charge in [-0.15, -0.1) is 11.6 Å². The Labute approximate surface area is 170 Å². The third kappa shape index (κ3) is 2.13. The van der Waals surface area contributed by atoms with Gasteiger partial charge in [-0.05, 0) is 50.6 Å². The summed E-state index contributed by atoms with van der Waals surface area (Å²) in [6.45, 7) is 2.83. The minimum absolute atomic E-state index is 0.212. The molecule has 6 nitrogen and oxygen atoms in total. The molecule has 8 heteroatoms. The summed E-state index contributed by atoms with van der Waals surface area (Å²) in [6.07, 6.45) is 3.92. The molecule has 0 radical (unpaired) electrons. The molecule has 1 aromatic rings. The highest BCUT2D eigenvalue weighted by atomic mass is 35.5. The molecular formula is C20H24ClNO5S. The van der Waals surface area contributed by atoms with Gasteiger partial charge in [-0.25, -0.2) is 0 Å². The molecule has 0 amide bonds. The Morgan fingerprint density at radius 3 is 2.79 bits per heavy atom. The molecule has 1 fully saturated rings. The highest BCUT2D eigenvalue weighted by Crippen LogP contribution is 2.67. The van der Waals surface area contributed by atoms with E-state index in [1.807, 2.05) is 19.1 Å². The number of hydrogen-bond acceptors (Lipinski definition) is 6. The maximum atomic E-state index is 12.1. The summed E-state index contributed by atoms with van der Waals surface area (Å²) in [5.41, 5.74) is 2.15. The number of benzene rings is 1. The number of ether oxygens (including phenoxy) is 2. The normalized spacial score (nSPS) is 38.5. The first kappa shape index (κ1) is 18.7. The molecule has 5 rings (SSSR count). The van der Waals surface area contributed by atoms with E-state index in [0.29, 0.717) is 11.5 Å². The molecule has 1 saturated heterocycles. The van der Waals surface area contributed by atoms with Crippen LogP contribution in [-0.4, -0.2) is 63.4 Å². The van der Waals surface area contributed by atoms with Gasteiger partial charge in [0.05, 0.1) is 24.2 Å². The van der Waals surface area contributed by atoms with E-state index >= 15 is 0 Å². The lowest BCUT2D eigenvalue weighted by atomic mass is 9.51. The van der Waals surface area contributed by atoms with Crippen LogP contribution in [0.5, 0.6) is 11.5 Å². The van der Waals surface area contributed by atoms with Crippen LogP contribution in [0.4, 0.5) is 0 Å². The van der Waals surface area contributed by atoms with Gasteiger partial charge in [-0.3, -0.25) is 9.08 Å². The van der Waals surface area contributed by atoms with E-state index in [1.165, 1.54) is 11.1 Å². The first-order valence-corrected chi connectivity index (χ1v) is 11.7. The number of methoxy groups -OCH3 is 1. The lowest BCUT2D eigenvalue weighted by Gasteiger charge is -2.59. The van der Waals surface area contributed by atoms with Gasteiger partial charge in [-0.2, -0.15) is 8.42 Å². The molecule has 28 heavy (non-hydrogen) atoms. The maximum absolute atomic E-state index is 12.1. The minimum atomic E-state index is -3.72. The standard InChI is InChI=1S/C20H24ClNO5S/c1-19-18(27-28(4,23)24)13(21)10-12-14-9-11-5-6-15(25-3)17(26-19)16(11)20(12,19)7-8-22(14)2/h5-6,10,13-14,18H,7-9H2,1-4H3/t13-,14-,18+,19-,20+/m1/s1. The molecule has 4 aliphatic rings. The van der Waals surface area contributed by atoms with E-state index in [9.17, 15) is 8.42 Å². The molecule has 1 spiro atoms. The number of piperidine rings is 1. The minimum Gasteiger partial charge on any atom is -0.493 e. The third-order valence-electron chi connectivity index (χ3n) is 7.10. The van der Waals surface area contributed by atoms with Crippen molar-refractivity contribution in [1.29, 1.82) is 0 Å². The molecule has 2 heterocycles. The predicted octanol–water partition coefficient (Wildman–Crippen LogP) is 2.24. The molecule has 5 atom stereocenters. The molecule has 152 valence electrons. The summed E-state index contributed by atoms with van der Waals surface area (Å²) in [6, 6.07) is 4.25. The third-order valence-corrected chi connectivity index (χ3v) is 8.01. The molecule has 2 bridgehead atoms. The van der Waals surface area contributed by atoms with Gasteiger partial charge in [0.2, 0.25) is 0 Å². The van der Waals surface area contributed by atoms with Crippen molar-refractivity contribution in [3.63, 3.8) is 0 Å². The van der Waals surface area contributed by atoms with Crippen LogP contribution in [0.3, 0.4) is 0 Å². The summed E-state index contributed by atoms with van der Waals surface area (Å²) in [5, 5.41) is -0.612. The van der Waals surface area contributed by atoms with Crippen molar-refractivity contribution < 1.29 is 22.1 Å². The Bertz CT molecular complexity index is 1010. The quantitative estimate of drug-likeness (QED) is 0.420. The number of likely N-dealkylation sites (N-methyl/N-ethyl adjacent to an activating group) is 1. The zero-order valence-electron chi connectivity index (χ0n) is 16.4. The van der Waals surface area contributed by atoms with Crippen molar-refractivity contribution in [2.75, 3.05) is 27.0 Å². The van der Waals surface area contributed by atoms with Gasteiger partial charge in [-0.1, -0.05) is 12.1 Å². The van der Waals surface area contributed by atoms with E-state index in [2.05, 4.69) is 18.0 Å². The molecule has 0 unspecified atom stereocenters. The van der Waals surface area contributed by atoms with Crippen LogP contribution in [0, 0.1) is 0 Å². The average Bonchev–Trinajstić information content (AvgIpc) is 2.88. The first-order valence-electron chi connectivity index (χ1n) is 9.46. The smallest absolute Gasteiger partial charge is 0.264 e. The van der Waals surface area contributed by atoms with E-state index in [-0.39, 0.29) is 6.04 Å². The zero-order valence-corrected chi connectivity index (χ0v) is 17.9. The lowest BCUT2D eigenvalue weighted by Crippen LogP contribution is -2.69. The maximum Gasteiger partial charge on any atom is 0.264 e. The highest BCUT2D eigenvalue weighted by Gasteiger charge is 2.71. The Morgan fingerprint density at radius 1 is 1.36 bits per heavy atom. The van der Waals surface area contributed by atoms with Crippen LogP contribution in [0.25, 0.3) is 0 Å². The summed E-state index contributed by atoms with van der Waals surface area (Å²) in [5.74, 6) is 1.36. The Morgan fingerprint density at radius 2 is 2.11 bits per heavy atom. The zero-order chi connectivity index (χ0) is 20.1. The van der Waals surface area contributed by atoms with Crippen LogP contribution in [0.1, 0.15) is 24.5 Å². The predicted molar refractivity (Wildman–Crippen MR) is 106 cm³/mol. The molecule has 2 aliphatic heterocycles. The van der Waals surface area contributed by atoms with Crippen molar-refractivity contribution in [1.82, 2.24) is 4.90 Å². The Hall–Kier alpha value is -1.28. The summed E-state index contributed by atoms with van der Waals surface area (Å²) in [7, 11) is 0.0260. The van der Waals surface area contributed by atoms with Crippen LogP contribution < -0.4 is 9.47 Å². The van der Waals surface area contributed by atoms with Crippen LogP contribution in [0.2, 0.25) is 0 Å². The highest BCUT2D eigenvalue weighted by molar-refractivity contribution is 7.86. The Balaban J connectivity index is 1.83. The fourth-order valence-corrected chi connectivity index (χ4v) is 7.11. The van der Waals surface area contributed by atoms with Gasteiger partial charge >= 0.3 is 0 Å². The molecule has 2 aliphatic carbocycles. The summed E-state index contributed by atoms with van der Waals surface area (Å²) < 4.78 is 41.9. The molecule has 1 aromatic carbocycles. The second-order valence-corrected chi connectivity index (χ2v) is 10.6. The number of rotatable bonds is 3. The number of halogens is 1. The summed E-state index contributed by atoms with van der Waals surface area (Å²) in [4.78, 5) is 2.35. The van der Waals surface area contributed by atoms with E-state index < -0.39 is 32.6 Å². The summed E-state index contributed by atoms with van der Waals surface area (Å²) >= 11 is 6.72. The van der Waals surface area contributed by atoms with E-state index in [0.717, 1.165) is 31.2 Å². The molecule has 0 aromatic heterocycles. The van der Waals surface area contributed by atoms with Gasteiger partial charge in [0.1, 0.15) is 11.7 Å². The van der Waals surface area contributed by atoms with Gasteiger partial charge in [0.15, 0.2) is 11.5 Å². The topological polar surface area (TPSA) is 65.1 Å². The monoisotopic (exact) mass is 425 g/mol. The molecular weight excluding hydrogens is 402 g/mol. The number of hydrogen-bond donors (Lipinski definition) is 0. The van der Waals surface area contributed by atoms with Crippen LogP contribution >= 0.6 is 11.6 Å². The van der Waals surface area contributed by atoms with Crippen molar-refractivity contribution >= 4 is 21.7 Å². The largest absolute Gasteiger partial charge is 0.493 e. The van der Waals surface area contributed by atoms with Crippen LogP contribution in [-0.2, 0) is 26.1 Å². The number of nitrogens with zero attached hydrogens (tertiary/aromatic N) is 1. The number of alkyl halides is 1. The van der Waals surface area contributed by atoms with Crippen molar-refractivity contribution in [3.05, 3.63) is 34.9 Å². The SMILES string of the molecule is COc1ccc2c3c1O[C@]1(C)[C@@H](OS(C)(=O)=O)[C@H](Cl)C=C4[C@@H](C2)N(C)CC[C@]431. The van der Waals surface area contributed by atoms with Gasteiger partial charge in [0.25, 0.3) is 10.1 Å². The fourth-order valence-electron chi connectivity index (χ4n) is 5.95. The Kier molecular flexibility index (Phi) is 3.78. The van der Waals surface area contributed by atoms with E-state index in [4.69, 9.17) is 25.3 Å². The second-order valence-electron chi connectivity index (χ2n) is 8.48. The second kappa shape index (κ2) is 5.65. The average molecular weight is 426 g/mol.